The molecular weight excluding hydrogens is 677 g/mol. The predicted octanol–water partition coefficient (Wildman–Crippen LogP) is 13.2. The monoisotopic (exact) mass is 720 g/mol. The lowest BCUT2D eigenvalue weighted by atomic mass is 9.98. The van der Waals surface area contributed by atoms with Crippen LogP contribution in [0.3, 0.4) is 0 Å². The summed E-state index contributed by atoms with van der Waals surface area (Å²) in [7, 11) is 0. The van der Waals surface area contributed by atoms with E-state index >= 15 is 0 Å². The average Bonchev–Trinajstić information content (AvgIpc) is 3.91. The molecule has 0 spiro atoms. The largest absolute Gasteiger partial charge is 0.309 e. The zero-order valence-corrected chi connectivity index (χ0v) is 28.8. The van der Waals surface area contributed by atoms with Gasteiger partial charge in [-0.25, -0.2) is 15.0 Å². The molecule has 8 aromatic carbocycles. The molecule has 0 fully saturated rings. The van der Waals surface area contributed by atoms with Crippen LogP contribution in [0.5, 0.6) is 0 Å². The Morgan fingerprint density at radius 3 is 1.83 bits per heavy atom. The van der Waals surface area contributed by atoms with E-state index in [0.29, 0.717) is 23.0 Å². The fraction of sp³-hybridized carbons (Fsp3) is 0. The Hall–Kier alpha value is -6.95. The Kier molecular flexibility index (Phi) is 4.51. The number of thiophene rings is 1. The van der Waals surface area contributed by atoms with Gasteiger partial charge in [0.15, 0.2) is 17.5 Å². The second-order valence-corrected chi connectivity index (χ2v) is 13.6. The van der Waals surface area contributed by atoms with Crippen molar-refractivity contribution < 1.29 is 19.2 Å². The Bertz CT molecular complexity index is 3940. The molecule has 0 aliphatic rings. The first-order chi connectivity index (χ1) is 32.6. The summed E-state index contributed by atoms with van der Waals surface area (Å²) < 4.78 is 130. The molecule has 0 atom stereocenters. The molecule has 3 aromatic heterocycles. The zero-order chi connectivity index (χ0) is 47.8. The molecule has 0 N–H and O–H groups in total. The van der Waals surface area contributed by atoms with Gasteiger partial charge in [0.1, 0.15) is 0 Å². The van der Waals surface area contributed by atoms with E-state index in [0.717, 1.165) is 35.9 Å². The maximum absolute atomic E-state index is 9.65. The van der Waals surface area contributed by atoms with Crippen LogP contribution in [0.15, 0.2) is 182 Å². The summed E-state index contributed by atoms with van der Waals surface area (Å²) in [5, 5.41) is 0.392. The van der Waals surface area contributed by atoms with Gasteiger partial charge in [-0.3, -0.25) is 0 Å². The van der Waals surface area contributed by atoms with Gasteiger partial charge >= 0.3 is 0 Å². The van der Waals surface area contributed by atoms with Gasteiger partial charge in [0.2, 0.25) is 0 Å². The molecule has 0 saturated carbocycles. The van der Waals surface area contributed by atoms with Gasteiger partial charge in [-0.15, -0.1) is 11.3 Å². The van der Waals surface area contributed by atoms with E-state index in [1.165, 1.54) is 11.3 Å². The average molecular weight is 721 g/mol. The third kappa shape index (κ3) is 5.01. The molecule has 4 nitrogen and oxygen atoms in total. The maximum Gasteiger partial charge on any atom is 0.164 e. The highest BCUT2D eigenvalue weighted by Gasteiger charge is 2.19. The van der Waals surface area contributed by atoms with E-state index < -0.39 is 90.3 Å². The van der Waals surface area contributed by atoms with Crippen LogP contribution in [0.4, 0.5) is 0 Å². The first-order valence-electron chi connectivity index (χ1n) is 24.0. The van der Waals surface area contributed by atoms with Gasteiger partial charge < -0.3 is 4.57 Å². The topological polar surface area (TPSA) is 43.6 Å². The van der Waals surface area contributed by atoms with Gasteiger partial charge in [0, 0.05) is 53.3 Å². The van der Waals surface area contributed by atoms with Gasteiger partial charge in [-0.05, 0) is 70.3 Å². The molecule has 0 saturated heterocycles. The number of nitrogens with zero attached hydrogens (tertiary/aromatic N) is 4. The van der Waals surface area contributed by atoms with Gasteiger partial charge in [0.25, 0.3) is 0 Å². The summed E-state index contributed by atoms with van der Waals surface area (Å²) in [6.07, 6.45) is 0. The normalized spacial score (nSPS) is 15.3. The molecule has 0 radical (unpaired) electrons. The number of fused-ring (bicyclic) bond motifs is 7. The van der Waals surface area contributed by atoms with E-state index in [-0.39, 0.29) is 43.7 Å². The molecule has 0 amide bonds. The van der Waals surface area contributed by atoms with E-state index in [2.05, 4.69) is 0 Å². The van der Waals surface area contributed by atoms with Crippen LogP contribution in [-0.4, -0.2) is 19.5 Å². The number of hydrogen-bond donors (Lipinski definition) is 0. The van der Waals surface area contributed by atoms with Crippen LogP contribution in [0.25, 0.3) is 104 Å². The quantitative estimate of drug-likeness (QED) is 0.178. The van der Waals surface area contributed by atoms with E-state index in [4.69, 9.17) is 25.9 Å². The highest BCUT2D eigenvalue weighted by molar-refractivity contribution is 7.26. The van der Waals surface area contributed by atoms with Crippen molar-refractivity contribution in [2.24, 2.45) is 0 Å². The van der Waals surface area contributed by atoms with Crippen molar-refractivity contribution in [3.05, 3.63) is 182 Å². The first-order valence-corrected chi connectivity index (χ1v) is 17.8. The lowest BCUT2D eigenvalue weighted by Gasteiger charge is -2.13. The smallest absolute Gasteiger partial charge is 0.164 e. The van der Waals surface area contributed by atoms with E-state index in [9.17, 15) is 8.22 Å². The fourth-order valence-electron chi connectivity index (χ4n) is 6.87. The van der Waals surface area contributed by atoms with Crippen molar-refractivity contribution in [1.82, 2.24) is 19.5 Å². The second kappa shape index (κ2) is 12.3. The molecular formula is C49H30N4S. The van der Waals surface area contributed by atoms with Crippen molar-refractivity contribution in [1.29, 1.82) is 0 Å². The van der Waals surface area contributed by atoms with E-state index in [1.54, 1.807) is 12.1 Å². The van der Waals surface area contributed by atoms with Crippen LogP contribution in [-0.2, 0) is 0 Å². The lowest BCUT2D eigenvalue weighted by molar-refractivity contribution is 1.08. The minimum atomic E-state index is -0.710. The highest BCUT2D eigenvalue weighted by atomic mass is 32.1. The molecule has 0 aliphatic heterocycles. The number of hydrogen-bond acceptors (Lipinski definition) is 4. The Balaban J connectivity index is 1.24. The maximum atomic E-state index is 9.65. The molecule has 0 unspecified atom stereocenters. The van der Waals surface area contributed by atoms with Gasteiger partial charge in [-0.2, -0.15) is 0 Å². The molecule has 0 bridgehead atoms. The summed E-state index contributed by atoms with van der Waals surface area (Å²) in [6, 6.07) is 21.3. The summed E-state index contributed by atoms with van der Waals surface area (Å²) in [5.74, 6) is 1.09. The van der Waals surface area contributed by atoms with Gasteiger partial charge in [0.05, 0.1) is 30.2 Å². The lowest BCUT2D eigenvalue weighted by Crippen LogP contribution is -2.00. The van der Waals surface area contributed by atoms with Crippen LogP contribution in [0, 0.1) is 0 Å². The molecule has 3 heterocycles. The van der Waals surface area contributed by atoms with Crippen molar-refractivity contribution >= 4 is 64.1 Å². The SMILES string of the molecule is [2H]c1c([2H])c(-n2c3c([2H])c([2H])c([2H])c([2H])c3c3c([2H])c4c([2H])c([2H])c([2H])c([2H])c4c([2H])c32)c([2H])c([2H])c1-c1cc(-c2nc(-c3ccccc3)nc(-c3ccccc3)n2)c2c(c1)sc1ccccc12. The van der Waals surface area contributed by atoms with Crippen LogP contribution < -0.4 is 0 Å². The molecule has 0 aliphatic carbocycles. The van der Waals surface area contributed by atoms with Crippen LogP contribution in [0.2, 0.25) is 0 Å². The first kappa shape index (κ1) is 19.8. The molecule has 54 heavy (non-hydrogen) atoms. The van der Waals surface area contributed by atoms with Crippen molar-refractivity contribution in [2.75, 3.05) is 0 Å². The van der Waals surface area contributed by atoms with Crippen molar-refractivity contribution in [3.8, 4) is 51.0 Å². The molecule has 11 aromatic rings. The minimum Gasteiger partial charge on any atom is -0.309 e. The minimum absolute atomic E-state index is 0.112. The zero-order valence-electron chi connectivity index (χ0n) is 41.9. The van der Waals surface area contributed by atoms with Crippen molar-refractivity contribution in [3.63, 3.8) is 0 Å². The summed E-state index contributed by atoms with van der Waals surface area (Å²) >= 11 is 1.46. The number of aromatic nitrogens is 4. The van der Waals surface area contributed by atoms with Crippen molar-refractivity contribution in [2.45, 2.75) is 0 Å². The molecule has 252 valence electrons. The second-order valence-electron chi connectivity index (χ2n) is 12.5. The highest BCUT2D eigenvalue weighted by Crippen LogP contribution is 2.43. The van der Waals surface area contributed by atoms with Crippen LogP contribution >= 0.6 is 11.3 Å². The summed E-state index contributed by atoms with van der Waals surface area (Å²) in [6.45, 7) is 0. The number of benzene rings is 8. The third-order valence-electron chi connectivity index (χ3n) is 9.33. The Labute approximate surface area is 335 Å². The van der Waals surface area contributed by atoms with Gasteiger partial charge in [-0.1, -0.05) is 133 Å². The Morgan fingerprint density at radius 2 is 1.09 bits per heavy atom. The Morgan fingerprint density at radius 1 is 0.463 bits per heavy atom. The molecule has 11 rings (SSSR count). The predicted molar refractivity (Wildman–Crippen MR) is 226 cm³/mol. The summed E-state index contributed by atoms with van der Waals surface area (Å²) in [4.78, 5) is 14.9. The number of para-hydroxylation sites is 1. The molecule has 5 heteroatoms. The fourth-order valence-corrected chi connectivity index (χ4v) is 8.04. The number of rotatable bonds is 5. The standard InChI is InChI=1S/C49H30N4S/c1-3-13-32(14-4-1)47-50-48(33-15-5-2-6-16-33)52-49(51-47)41-28-36(30-45-46(41)39-20-10-12-22-44(39)54-45)31-23-25-37(26-24-31)53-42-21-11-9-19-38(42)40-27-34-17-7-8-18-35(34)29-43(40)53/h1-30H/i7D,8D,9D,11D,17D,18D,19D,21D,23D,24D,25D,26D,27D,29D. The van der Waals surface area contributed by atoms with Crippen LogP contribution in [0.1, 0.15) is 19.2 Å². The summed E-state index contributed by atoms with van der Waals surface area (Å²) in [5.41, 5.74) is 0.970. The van der Waals surface area contributed by atoms with E-state index in [1.807, 2.05) is 84.9 Å². The third-order valence-corrected chi connectivity index (χ3v) is 10.4.